The fourth-order valence-electron chi connectivity index (χ4n) is 2.75. The summed E-state index contributed by atoms with van der Waals surface area (Å²) in [4.78, 5) is 11.5. The molecule has 2 atom stereocenters. The van der Waals surface area contributed by atoms with Crippen LogP contribution >= 0.6 is 0 Å². The first-order valence-electron chi connectivity index (χ1n) is 6.95. The lowest BCUT2D eigenvalue weighted by molar-refractivity contribution is 0.347. The number of fused-ring (bicyclic) bond motifs is 1. The van der Waals surface area contributed by atoms with Crippen LogP contribution in [0.15, 0.2) is 41.3 Å². The molecule has 2 heterocycles. The Morgan fingerprint density at radius 3 is 3.10 bits per heavy atom. The molecule has 1 aromatic carbocycles. The molecule has 0 spiro atoms. The molecule has 106 valence electrons. The van der Waals surface area contributed by atoms with E-state index in [0.717, 1.165) is 17.9 Å². The molecule has 0 amide bonds. The third-order valence-electron chi connectivity index (χ3n) is 3.94. The SMILES string of the molecule is NC(Cc1cnc[nH]1)c1nc(C2Cc3ccccc32)no1. The minimum atomic E-state index is -0.318. The van der Waals surface area contributed by atoms with Crippen molar-refractivity contribution in [2.75, 3.05) is 0 Å². The fourth-order valence-corrected chi connectivity index (χ4v) is 2.75. The maximum Gasteiger partial charge on any atom is 0.243 e. The Hall–Kier alpha value is -2.47. The molecule has 2 unspecified atom stereocenters. The summed E-state index contributed by atoms with van der Waals surface area (Å²) in [6.07, 6.45) is 4.94. The number of nitrogens with zero attached hydrogens (tertiary/aromatic N) is 3. The number of aromatic nitrogens is 4. The summed E-state index contributed by atoms with van der Waals surface area (Å²) in [5.74, 6) is 1.44. The normalized spacial score (nSPS) is 18.0. The first-order chi connectivity index (χ1) is 10.3. The van der Waals surface area contributed by atoms with Crippen LogP contribution in [0.2, 0.25) is 0 Å². The van der Waals surface area contributed by atoms with Gasteiger partial charge in [0.1, 0.15) is 0 Å². The first-order valence-corrected chi connectivity index (χ1v) is 6.95. The van der Waals surface area contributed by atoms with Gasteiger partial charge in [-0.2, -0.15) is 4.98 Å². The molecule has 3 aromatic rings. The number of benzene rings is 1. The molecular weight excluding hydrogens is 266 g/mol. The maximum absolute atomic E-state index is 6.11. The smallest absolute Gasteiger partial charge is 0.243 e. The molecule has 0 bridgehead atoms. The van der Waals surface area contributed by atoms with Gasteiger partial charge in [-0.1, -0.05) is 29.4 Å². The molecule has 6 nitrogen and oxygen atoms in total. The second-order valence-electron chi connectivity index (χ2n) is 5.33. The number of nitrogens with one attached hydrogen (secondary N) is 1. The molecule has 2 aromatic heterocycles. The lowest BCUT2D eigenvalue weighted by atomic mass is 9.77. The van der Waals surface area contributed by atoms with Gasteiger partial charge >= 0.3 is 0 Å². The van der Waals surface area contributed by atoms with Gasteiger partial charge < -0.3 is 15.2 Å². The van der Waals surface area contributed by atoms with Crippen LogP contribution in [0.5, 0.6) is 0 Å². The van der Waals surface area contributed by atoms with Crippen molar-refractivity contribution in [2.45, 2.75) is 24.8 Å². The van der Waals surface area contributed by atoms with E-state index < -0.39 is 0 Å². The summed E-state index contributed by atoms with van der Waals surface area (Å²) < 4.78 is 5.33. The highest BCUT2D eigenvalue weighted by atomic mass is 16.5. The van der Waals surface area contributed by atoms with Gasteiger partial charge in [0.15, 0.2) is 5.82 Å². The highest BCUT2D eigenvalue weighted by Crippen LogP contribution is 2.38. The standard InChI is InChI=1S/C15H15N5O/c16-13(6-10-7-17-8-18-10)15-19-14(20-21-15)12-5-9-3-1-2-4-11(9)12/h1-4,7-8,12-13H,5-6,16H2,(H,17,18). The Morgan fingerprint density at radius 1 is 1.38 bits per heavy atom. The molecular formula is C15H15N5O. The van der Waals surface area contributed by atoms with Gasteiger partial charge in [-0.3, -0.25) is 0 Å². The molecule has 0 radical (unpaired) electrons. The zero-order valence-electron chi connectivity index (χ0n) is 11.4. The van der Waals surface area contributed by atoms with Crippen LogP contribution in [0.3, 0.4) is 0 Å². The van der Waals surface area contributed by atoms with Crippen molar-refractivity contribution in [3.05, 3.63) is 65.3 Å². The molecule has 21 heavy (non-hydrogen) atoms. The van der Waals surface area contributed by atoms with Crippen LogP contribution in [0, 0.1) is 0 Å². The van der Waals surface area contributed by atoms with Gasteiger partial charge in [0, 0.05) is 18.3 Å². The van der Waals surface area contributed by atoms with E-state index in [1.165, 1.54) is 11.1 Å². The lowest BCUT2D eigenvalue weighted by Crippen LogP contribution is -2.19. The van der Waals surface area contributed by atoms with E-state index in [1.54, 1.807) is 12.5 Å². The average Bonchev–Trinajstić information content (AvgIpc) is 3.11. The number of aromatic amines is 1. The fraction of sp³-hybridized carbons (Fsp3) is 0.267. The second kappa shape index (κ2) is 4.82. The van der Waals surface area contributed by atoms with Crippen molar-refractivity contribution in [3.63, 3.8) is 0 Å². The number of hydrogen-bond acceptors (Lipinski definition) is 5. The monoisotopic (exact) mass is 281 g/mol. The van der Waals surface area contributed by atoms with Crippen LogP contribution < -0.4 is 5.73 Å². The lowest BCUT2D eigenvalue weighted by Gasteiger charge is -2.27. The highest BCUT2D eigenvalue weighted by molar-refractivity contribution is 5.43. The van der Waals surface area contributed by atoms with E-state index in [2.05, 4.69) is 38.3 Å². The van der Waals surface area contributed by atoms with Crippen molar-refractivity contribution in [1.82, 2.24) is 20.1 Å². The maximum atomic E-state index is 6.11. The van der Waals surface area contributed by atoms with Crippen molar-refractivity contribution in [1.29, 1.82) is 0 Å². The average molecular weight is 281 g/mol. The summed E-state index contributed by atoms with van der Waals surface area (Å²) >= 11 is 0. The molecule has 0 saturated heterocycles. The van der Waals surface area contributed by atoms with Crippen LogP contribution in [0.4, 0.5) is 0 Å². The number of rotatable bonds is 4. The van der Waals surface area contributed by atoms with Crippen LogP contribution in [0.1, 0.15) is 40.5 Å². The summed E-state index contributed by atoms with van der Waals surface area (Å²) in [5.41, 5.74) is 9.71. The molecule has 0 fully saturated rings. The summed E-state index contributed by atoms with van der Waals surface area (Å²) in [6.45, 7) is 0. The number of nitrogens with two attached hydrogens (primary N) is 1. The largest absolute Gasteiger partial charge is 0.348 e. The van der Waals surface area contributed by atoms with E-state index >= 15 is 0 Å². The van der Waals surface area contributed by atoms with Crippen molar-refractivity contribution in [3.8, 4) is 0 Å². The minimum Gasteiger partial charge on any atom is -0.348 e. The predicted octanol–water partition coefficient (Wildman–Crippen LogP) is 1.72. The number of H-pyrrole nitrogens is 1. The van der Waals surface area contributed by atoms with Gasteiger partial charge in [0.25, 0.3) is 0 Å². The van der Waals surface area contributed by atoms with Crippen LogP contribution in [-0.4, -0.2) is 20.1 Å². The number of imidazole rings is 1. The van der Waals surface area contributed by atoms with Crippen LogP contribution in [0.25, 0.3) is 0 Å². The Morgan fingerprint density at radius 2 is 2.29 bits per heavy atom. The van der Waals surface area contributed by atoms with Crippen molar-refractivity contribution in [2.24, 2.45) is 5.73 Å². The third-order valence-corrected chi connectivity index (χ3v) is 3.94. The second-order valence-corrected chi connectivity index (χ2v) is 5.33. The summed E-state index contributed by atoms with van der Waals surface area (Å²) in [6, 6.07) is 8.02. The molecule has 6 heteroatoms. The van der Waals surface area contributed by atoms with Gasteiger partial charge in [0.2, 0.25) is 5.89 Å². The Kier molecular flexibility index (Phi) is 2.82. The van der Waals surface area contributed by atoms with Gasteiger partial charge in [-0.05, 0) is 17.5 Å². The third kappa shape index (κ3) is 2.13. The number of hydrogen-bond donors (Lipinski definition) is 2. The Labute approximate surface area is 121 Å². The molecule has 0 aliphatic heterocycles. The summed E-state index contributed by atoms with van der Waals surface area (Å²) in [7, 11) is 0. The van der Waals surface area contributed by atoms with E-state index in [0.29, 0.717) is 12.3 Å². The Bertz CT molecular complexity index is 749. The van der Waals surface area contributed by atoms with Gasteiger partial charge in [-0.25, -0.2) is 4.98 Å². The minimum absolute atomic E-state index is 0.234. The Balaban J connectivity index is 1.52. The molecule has 1 aliphatic rings. The molecule has 4 rings (SSSR count). The van der Waals surface area contributed by atoms with E-state index in [4.69, 9.17) is 10.3 Å². The zero-order valence-corrected chi connectivity index (χ0v) is 11.4. The highest BCUT2D eigenvalue weighted by Gasteiger charge is 2.31. The topological polar surface area (TPSA) is 93.6 Å². The zero-order chi connectivity index (χ0) is 14.2. The summed E-state index contributed by atoms with van der Waals surface area (Å²) in [5, 5.41) is 4.10. The van der Waals surface area contributed by atoms with Crippen molar-refractivity contribution >= 4 is 0 Å². The van der Waals surface area contributed by atoms with E-state index in [9.17, 15) is 0 Å². The van der Waals surface area contributed by atoms with Crippen molar-refractivity contribution < 1.29 is 4.52 Å². The molecule has 3 N–H and O–H groups in total. The van der Waals surface area contributed by atoms with E-state index in [-0.39, 0.29) is 12.0 Å². The van der Waals surface area contributed by atoms with Gasteiger partial charge in [-0.15, -0.1) is 0 Å². The quantitative estimate of drug-likeness (QED) is 0.759. The van der Waals surface area contributed by atoms with Crippen LogP contribution in [-0.2, 0) is 12.8 Å². The predicted molar refractivity (Wildman–Crippen MR) is 75.5 cm³/mol. The molecule has 1 aliphatic carbocycles. The van der Waals surface area contributed by atoms with Gasteiger partial charge in [0.05, 0.1) is 18.3 Å². The van der Waals surface area contributed by atoms with E-state index in [1.807, 2.05) is 6.07 Å². The molecule has 0 saturated carbocycles. The first kappa shape index (κ1) is 12.3.